The number of benzene rings is 1. The van der Waals surface area contributed by atoms with Crippen LogP contribution >= 0.6 is 0 Å². The van der Waals surface area contributed by atoms with Crippen molar-refractivity contribution in [3.8, 4) is 11.6 Å². The van der Waals surface area contributed by atoms with Gasteiger partial charge in [-0.15, -0.1) is 0 Å². The normalized spacial score (nSPS) is 13.8. The first-order valence-corrected chi connectivity index (χ1v) is 10.7. The highest BCUT2D eigenvalue weighted by Gasteiger charge is 2.18. The van der Waals surface area contributed by atoms with Gasteiger partial charge in [-0.2, -0.15) is 5.10 Å². The Balaban J connectivity index is 1.44. The standard InChI is InChI=1S/C23H28N6O3/c1-16-20(8-9-23(30)26-18-4-6-19(31-3)7-5-18)17(2)29(27-16)22-14-21(24-15-25-22)28-10-12-32-13-11-28/h4-7,14-15H,8-13H2,1-3H3,(H,26,30). The molecule has 9 nitrogen and oxygen atoms in total. The van der Waals surface area contributed by atoms with Gasteiger partial charge >= 0.3 is 0 Å². The maximum absolute atomic E-state index is 12.5. The van der Waals surface area contributed by atoms with Gasteiger partial charge in [-0.3, -0.25) is 4.79 Å². The van der Waals surface area contributed by atoms with Crippen LogP contribution in [0.2, 0.25) is 0 Å². The molecule has 0 unspecified atom stereocenters. The number of morpholine rings is 1. The molecule has 3 aromatic rings. The van der Waals surface area contributed by atoms with Crippen LogP contribution in [0.15, 0.2) is 36.7 Å². The summed E-state index contributed by atoms with van der Waals surface area (Å²) in [6, 6.07) is 9.24. The van der Waals surface area contributed by atoms with E-state index in [1.54, 1.807) is 13.4 Å². The monoisotopic (exact) mass is 436 g/mol. The third kappa shape index (κ3) is 4.88. The van der Waals surface area contributed by atoms with E-state index < -0.39 is 0 Å². The van der Waals surface area contributed by atoms with Crippen molar-refractivity contribution < 1.29 is 14.3 Å². The van der Waals surface area contributed by atoms with E-state index in [2.05, 4.69) is 25.3 Å². The van der Waals surface area contributed by atoms with Crippen LogP contribution in [0.25, 0.3) is 5.82 Å². The van der Waals surface area contributed by atoms with E-state index in [9.17, 15) is 4.79 Å². The number of hydrogen-bond acceptors (Lipinski definition) is 7. The second-order valence-electron chi connectivity index (χ2n) is 7.67. The van der Waals surface area contributed by atoms with E-state index in [0.717, 1.165) is 53.1 Å². The van der Waals surface area contributed by atoms with Crippen molar-refractivity contribution in [1.29, 1.82) is 0 Å². The summed E-state index contributed by atoms with van der Waals surface area (Å²) in [6.07, 6.45) is 2.53. The fraction of sp³-hybridized carbons (Fsp3) is 0.391. The van der Waals surface area contributed by atoms with Crippen molar-refractivity contribution in [3.63, 3.8) is 0 Å². The van der Waals surface area contributed by atoms with Gasteiger partial charge in [0, 0.05) is 37.0 Å². The van der Waals surface area contributed by atoms with E-state index in [-0.39, 0.29) is 5.91 Å². The van der Waals surface area contributed by atoms with Gasteiger partial charge in [0.2, 0.25) is 5.91 Å². The molecule has 1 aliphatic rings. The predicted octanol–water partition coefficient (Wildman–Crippen LogP) is 2.70. The molecule has 0 spiro atoms. The summed E-state index contributed by atoms with van der Waals surface area (Å²) in [5, 5.41) is 7.61. The second kappa shape index (κ2) is 9.78. The summed E-state index contributed by atoms with van der Waals surface area (Å²) >= 11 is 0. The molecular weight excluding hydrogens is 408 g/mol. The van der Waals surface area contributed by atoms with Crippen LogP contribution in [0, 0.1) is 13.8 Å². The van der Waals surface area contributed by atoms with Crippen LogP contribution in [-0.4, -0.2) is 59.1 Å². The summed E-state index contributed by atoms with van der Waals surface area (Å²) < 4.78 is 12.4. The topological polar surface area (TPSA) is 94.4 Å². The van der Waals surface area contributed by atoms with Crippen molar-refractivity contribution in [1.82, 2.24) is 19.7 Å². The summed E-state index contributed by atoms with van der Waals surface area (Å²) in [7, 11) is 1.61. The average Bonchev–Trinajstić information content (AvgIpc) is 3.12. The summed E-state index contributed by atoms with van der Waals surface area (Å²) in [4.78, 5) is 23.5. The Morgan fingerprint density at radius 1 is 1.12 bits per heavy atom. The molecule has 168 valence electrons. The molecule has 1 aromatic carbocycles. The molecular formula is C23H28N6O3. The fourth-order valence-corrected chi connectivity index (χ4v) is 3.81. The second-order valence-corrected chi connectivity index (χ2v) is 7.67. The first kappa shape index (κ1) is 21.8. The van der Waals surface area contributed by atoms with Gasteiger partial charge in [-0.25, -0.2) is 14.6 Å². The minimum Gasteiger partial charge on any atom is -0.497 e. The highest BCUT2D eigenvalue weighted by Crippen LogP contribution is 2.21. The summed E-state index contributed by atoms with van der Waals surface area (Å²) in [5.41, 5.74) is 3.68. The van der Waals surface area contributed by atoms with Crippen LogP contribution in [0.3, 0.4) is 0 Å². The predicted molar refractivity (Wildman–Crippen MR) is 122 cm³/mol. The zero-order chi connectivity index (χ0) is 22.5. The van der Waals surface area contributed by atoms with Gasteiger partial charge in [-0.1, -0.05) is 0 Å². The molecule has 1 saturated heterocycles. The Hall–Kier alpha value is -3.46. The third-order valence-corrected chi connectivity index (χ3v) is 5.61. The lowest BCUT2D eigenvalue weighted by atomic mass is 10.1. The Morgan fingerprint density at radius 2 is 1.84 bits per heavy atom. The highest BCUT2D eigenvalue weighted by molar-refractivity contribution is 5.90. The number of carbonyl (C=O) groups is 1. The maximum atomic E-state index is 12.5. The molecule has 1 amide bonds. The Labute approximate surface area is 187 Å². The lowest BCUT2D eigenvalue weighted by Gasteiger charge is -2.27. The number of rotatable bonds is 7. The average molecular weight is 437 g/mol. The molecule has 0 radical (unpaired) electrons. The quantitative estimate of drug-likeness (QED) is 0.608. The van der Waals surface area contributed by atoms with Crippen LogP contribution in [0.5, 0.6) is 5.75 Å². The summed E-state index contributed by atoms with van der Waals surface area (Å²) in [5.74, 6) is 2.30. The molecule has 1 aliphatic heterocycles. The Morgan fingerprint density at radius 3 is 2.56 bits per heavy atom. The number of aryl methyl sites for hydroxylation is 1. The molecule has 0 bridgehead atoms. The highest BCUT2D eigenvalue weighted by atomic mass is 16.5. The molecule has 32 heavy (non-hydrogen) atoms. The van der Waals surface area contributed by atoms with Crippen molar-refractivity contribution in [2.24, 2.45) is 0 Å². The number of nitrogens with one attached hydrogen (secondary N) is 1. The Bertz CT molecular complexity index is 1070. The maximum Gasteiger partial charge on any atom is 0.224 e. The molecule has 4 rings (SSSR count). The molecule has 3 heterocycles. The molecule has 0 saturated carbocycles. The van der Waals surface area contributed by atoms with E-state index in [0.29, 0.717) is 26.1 Å². The van der Waals surface area contributed by atoms with Crippen molar-refractivity contribution >= 4 is 17.4 Å². The van der Waals surface area contributed by atoms with Crippen molar-refractivity contribution in [3.05, 3.63) is 53.6 Å². The fourth-order valence-electron chi connectivity index (χ4n) is 3.81. The number of anilines is 2. The van der Waals surface area contributed by atoms with E-state index >= 15 is 0 Å². The van der Waals surface area contributed by atoms with E-state index in [4.69, 9.17) is 9.47 Å². The number of aromatic nitrogens is 4. The van der Waals surface area contributed by atoms with Crippen LogP contribution in [0.4, 0.5) is 11.5 Å². The number of hydrogen-bond donors (Lipinski definition) is 1. The number of ether oxygens (including phenoxy) is 2. The number of amides is 1. The zero-order valence-electron chi connectivity index (χ0n) is 18.7. The molecule has 9 heteroatoms. The van der Waals surface area contributed by atoms with Crippen LogP contribution in [0.1, 0.15) is 23.4 Å². The Kier molecular flexibility index (Phi) is 6.65. The lowest BCUT2D eigenvalue weighted by Crippen LogP contribution is -2.36. The SMILES string of the molecule is COc1ccc(NC(=O)CCc2c(C)nn(-c3cc(N4CCOCC4)ncn3)c2C)cc1. The van der Waals surface area contributed by atoms with Gasteiger partial charge in [0.05, 0.1) is 26.0 Å². The molecule has 1 N–H and O–H groups in total. The van der Waals surface area contributed by atoms with E-state index in [1.165, 1.54) is 0 Å². The third-order valence-electron chi connectivity index (χ3n) is 5.61. The number of methoxy groups -OCH3 is 1. The van der Waals surface area contributed by atoms with Crippen LogP contribution in [-0.2, 0) is 16.0 Å². The van der Waals surface area contributed by atoms with Crippen LogP contribution < -0.4 is 15.0 Å². The van der Waals surface area contributed by atoms with Gasteiger partial charge in [-0.05, 0) is 50.1 Å². The van der Waals surface area contributed by atoms with Gasteiger partial charge in [0.15, 0.2) is 5.82 Å². The molecule has 0 aliphatic carbocycles. The van der Waals surface area contributed by atoms with Crippen molar-refractivity contribution in [2.75, 3.05) is 43.6 Å². The smallest absolute Gasteiger partial charge is 0.224 e. The molecule has 0 atom stereocenters. The largest absolute Gasteiger partial charge is 0.497 e. The number of carbonyl (C=O) groups excluding carboxylic acids is 1. The van der Waals surface area contributed by atoms with Gasteiger partial charge in [0.1, 0.15) is 17.9 Å². The first-order chi connectivity index (χ1) is 15.5. The molecule has 1 fully saturated rings. The minimum absolute atomic E-state index is 0.0432. The molecule has 2 aromatic heterocycles. The van der Waals surface area contributed by atoms with Crippen molar-refractivity contribution in [2.45, 2.75) is 26.7 Å². The minimum atomic E-state index is -0.0432. The first-order valence-electron chi connectivity index (χ1n) is 10.7. The lowest BCUT2D eigenvalue weighted by molar-refractivity contribution is -0.116. The zero-order valence-corrected chi connectivity index (χ0v) is 18.7. The van der Waals surface area contributed by atoms with Gasteiger partial charge < -0.3 is 19.7 Å². The van der Waals surface area contributed by atoms with E-state index in [1.807, 2.05) is 48.9 Å². The number of nitrogens with zero attached hydrogens (tertiary/aromatic N) is 5. The van der Waals surface area contributed by atoms with Gasteiger partial charge in [0.25, 0.3) is 0 Å². The summed E-state index contributed by atoms with van der Waals surface area (Å²) in [6.45, 7) is 6.98.